The van der Waals surface area contributed by atoms with Crippen molar-refractivity contribution in [2.24, 2.45) is 5.92 Å². The molecule has 2 aromatic carbocycles. The second-order valence-corrected chi connectivity index (χ2v) is 12.5. The van der Waals surface area contributed by atoms with Crippen LogP contribution in [0.1, 0.15) is 73.5 Å². The highest BCUT2D eigenvalue weighted by Gasteiger charge is 2.39. The molecule has 9 heteroatoms. The third-order valence-corrected chi connectivity index (χ3v) is 8.14. The van der Waals surface area contributed by atoms with Crippen LogP contribution in [0, 0.1) is 5.92 Å². The van der Waals surface area contributed by atoms with Gasteiger partial charge in [-0.25, -0.2) is 4.79 Å². The Hall–Kier alpha value is -3.72. The number of imide groups is 1. The monoisotopic (exact) mass is 560 g/mol. The van der Waals surface area contributed by atoms with Crippen LogP contribution < -0.4 is 10.6 Å². The zero-order valence-corrected chi connectivity index (χ0v) is 24.2. The number of nitrogens with one attached hydrogen (secondary N) is 2. The molecule has 4 amide bonds. The lowest BCUT2D eigenvalue weighted by Gasteiger charge is -2.32. The van der Waals surface area contributed by atoms with Gasteiger partial charge in [0.25, 0.3) is 5.91 Å². The van der Waals surface area contributed by atoms with E-state index in [-0.39, 0.29) is 24.1 Å². The molecule has 0 bridgehead atoms. The van der Waals surface area contributed by atoms with Crippen LogP contribution in [0.2, 0.25) is 0 Å². The summed E-state index contributed by atoms with van der Waals surface area (Å²) in [7, 11) is 0. The van der Waals surface area contributed by atoms with Gasteiger partial charge >= 0.3 is 6.09 Å². The van der Waals surface area contributed by atoms with Crippen molar-refractivity contribution in [2.75, 3.05) is 25.0 Å². The molecule has 1 atom stereocenters. The van der Waals surface area contributed by atoms with Crippen molar-refractivity contribution in [3.63, 3.8) is 0 Å². The smallest absolute Gasteiger partial charge is 0.412 e. The van der Waals surface area contributed by atoms with Gasteiger partial charge in [-0.05, 0) is 107 Å². The summed E-state index contributed by atoms with van der Waals surface area (Å²) in [4.78, 5) is 52.9. The molecule has 0 spiro atoms. The first-order chi connectivity index (χ1) is 19.5. The van der Waals surface area contributed by atoms with E-state index in [1.807, 2.05) is 39.0 Å². The van der Waals surface area contributed by atoms with E-state index >= 15 is 0 Å². The molecule has 0 radical (unpaired) electrons. The molecule has 1 unspecified atom stereocenters. The second kappa shape index (κ2) is 12.0. The fraction of sp³-hybridized carbons (Fsp3) is 0.500. The third kappa shape index (κ3) is 7.33. The van der Waals surface area contributed by atoms with Crippen LogP contribution in [0.15, 0.2) is 42.5 Å². The number of hydrogen-bond acceptors (Lipinski definition) is 6. The summed E-state index contributed by atoms with van der Waals surface area (Å²) in [6.45, 7) is 9.08. The fourth-order valence-corrected chi connectivity index (χ4v) is 5.97. The number of likely N-dealkylation sites (tertiary alicyclic amines) is 1. The zero-order valence-electron chi connectivity index (χ0n) is 24.2. The number of fused-ring (bicyclic) bond motifs is 1. The number of rotatable bonds is 7. The zero-order chi connectivity index (χ0) is 29.1. The Morgan fingerprint density at radius 2 is 1.71 bits per heavy atom. The molecule has 2 fully saturated rings. The van der Waals surface area contributed by atoms with Crippen LogP contribution in [0.25, 0.3) is 0 Å². The van der Waals surface area contributed by atoms with E-state index < -0.39 is 17.7 Å². The number of carbonyl (C=O) groups excluding carboxylic acids is 4. The normalized spacial score (nSPS) is 20.1. The maximum Gasteiger partial charge on any atom is 0.412 e. The fourth-order valence-electron chi connectivity index (χ4n) is 5.97. The lowest BCUT2D eigenvalue weighted by atomic mass is 9.89. The number of benzene rings is 2. The Morgan fingerprint density at radius 1 is 1.00 bits per heavy atom. The minimum Gasteiger partial charge on any atom is -0.444 e. The summed E-state index contributed by atoms with van der Waals surface area (Å²) < 4.78 is 5.31. The van der Waals surface area contributed by atoms with Crippen LogP contribution in [0.3, 0.4) is 0 Å². The van der Waals surface area contributed by atoms with E-state index in [9.17, 15) is 19.2 Å². The van der Waals surface area contributed by atoms with Gasteiger partial charge in [0.2, 0.25) is 11.8 Å². The minimum absolute atomic E-state index is 0.122. The summed E-state index contributed by atoms with van der Waals surface area (Å²) in [6, 6.07) is 13.5. The Balaban J connectivity index is 1.06. The highest BCUT2D eigenvalue weighted by molar-refractivity contribution is 6.05. The average Bonchev–Trinajstić information content (AvgIpc) is 3.23. The van der Waals surface area contributed by atoms with Gasteiger partial charge in [0.05, 0.1) is 0 Å². The van der Waals surface area contributed by atoms with E-state index in [1.165, 1.54) is 11.1 Å². The minimum atomic E-state index is -0.577. The van der Waals surface area contributed by atoms with Crippen molar-refractivity contribution in [3.05, 3.63) is 64.7 Å². The molecular formula is C32H40N4O5. The van der Waals surface area contributed by atoms with E-state index in [0.29, 0.717) is 24.4 Å². The Labute approximate surface area is 241 Å². The number of ether oxygens (including phenoxy) is 1. The quantitative estimate of drug-likeness (QED) is 0.489. The first kappa shape index (κ1) is 28.8. The molecule has 0 saturated carbocycles. The van der Waals surface area contributed by atoms with E-state index in [4.69, 9.17) is 4.74 Å². The van der Waals surface area contributed by atoms with Crippen molar-refractivity contribution in [3.8, 4) is 0 Å². The Morgan fingerprint density at radius 3 is 2.39 bits per heavy atom. The molecule has 41 heavy (non-hydrogen) atoms. The number of carbonyl (C=O) groups is 4. The van der Waals surface area contributed by atoms with Gasteiger partial charge < -0.3 is 14.5 Å². The van der Waals surface area contributed by atoms with Gasteiger partial charge in [-0.2, -0.15) is 0 Å². The highest BCUT2D eigenvalue weighted by atomic mass is 16.6. The Kier molecular flexibility index (Phi) is 8.45. The van der Waals surface area contributed by atoms with Gasteiger partial charge in [-0.1, -0.05) is 24.3 Å². The van der Waals surface area contributed by atoms with Crippen LogP contribution in [0.5, 0.6) is 0 Å². The van der Waals surface area contributed by atoms with Gasteiger partial charge in [-0.15, -0.1) is 0 Å². The number of amides is 4. The number of nitrogens with zero attached hydrogens (tertiary/aromatic N) is 2. The maximum absolute atomic E-state index is 13.0. The molecular weight excluding hydrogens is 520 g/mol. The lowest BCUT2D eigenvalue weighted by molar-refractivity contribution is -0.136. The van der Waals surface area contributed by atoms with Gasteiger partial charge in [-0.3, -0.25) is 25.0 Å². The van der Waals surface area contributed by atoms with Crippen molar-refractivity contribution < 1.29 is 23.9 Å². The Bertz CT molecular complexity index is 1310. The standard InChI is InChI=1S/C32H40N4O5/c1-32(2,3)41-31(40)33-25-7-4-21(5-8-25)12-15-35-16-13-22(14-17-35)18-23-6-9-26-24(19-23)20-36(30(26)39)27-10-11-28(37)34-29(27)38/h4-9,19,22,27H,10-18,20H2,1-3H3,(H,33,40)(H,34,37,38). The summed E-state index contributed by atoms with van der Waals surface area (Å²) >= 11 is 0. The molecule has 218 valence electrons. The van der Waals surface area contributed by atoms with Crippen LogP contribution >= 0.6 is 0 Å². The molecule has 2 aromatic rings. The second-order valence-electron chi connectivity index (χ2n) is 12.5. The third-order valence-electron chi connectivity index (χ3n) is 8.14. The molecule has 3 aliphatic heterocycles. The number of piperidine rings is 2. The van der Waals surface area contributed by atoms with E-state index in [0.717, 1.165) is 56.6 Å². The topological polar surface area (TPSA) is 108 Å². The predicted molar refractivity (Wildman–Crippen MR) is 155 cm³/mol. The van der Waals surface area contributed by atoms with Gasteiger partial charge in [0, 0.05) is 30.8 Å². The van der Waals surface area contributed by atoms with Crippen molar-refractivity contribution >= 4 is 29.5 Å². The molecule has 3 heterocycles. The molecule has 9 nitrogen and oxygen atoms in total. The van der Waals surface area contributed by atoms with Gasteiger partial charge in [0.1, 0.15) is 11.6 Å². The number of anilines is 1. The largest absolute Gasteiger partial charge is 0.444 e. The molecule has 2 N–H and O–H groups in total. The van der Waals surface area contributed by atoms with Crippen molar-refractivity contribution in [2.45, 2.75) is 77.5 Å². The molecule has 5 rings (SSSR count). The summed E-state index contributed by atoms with van der Waals surface area (Å²) in [6.07, 6.45) is 4.41. The number of hydrogen-bond donors (Lipinski definition) is 2. The maximum atomic E-state index is 13.0. The predicted octanol–water partition coefficient (Wildman–Crippen LogP) is 4.29. The lowest BCUT2D eigenvalue weighted by Crippen LogP contribution is -2.52. The first-order valence-corrected chi connectivity index (χ1v) is 14.6. The van der Waals surface area contributed by atoms with Crippen molar-refractivity contribution in [1.29, 1.82) is 0 Å². The van der Waals surface area contributed by atoms with Crippen LogP contribution in [0.4, 0.5) is 10.5 Å². The molecule has 0 aromatic heterocycles. The van der Waals surface area contributed by atoms with E-state index in [2.05, 4.69) is 39.8 Å². The SMILES string of the molecule is CC(C)(C)OC(=O)Nc1ccc(CCN2CCC(Cc3ccc4c(c3)CN(C3CCC(=O)NC3=O)C4=O)CC2)cc1. The average molecular weight is 561 g/mol. The van der Waals surface area contributed by atoms with Crippen LogP contribution in [-0.4, -0.2) is 64.9 Å². The summed E-state index contributed by atoms with van der Waals surface area (Å²) in [5.41, 5.74) is 4.31. The first-order valence-electron chi connectivity index (χ1n) is 14.6. The highest BCUT2D eigenvalue weighted by Crippen LogP contribution is 2.30. The summed E-state index contributed by atoms with van der Waals surface area (Å²) in [5, 5.41) is 5.14. The van der Waals surface area contributed by atoms with Crippen molar-refractivity contribution in [1.82, 2.24) is 15.1 Å². The van der Waals surface area contributed by atoms with Crippen LogP contribution in [-0.2, 0) is 33.7 Å². The van der Waals surface area contributed by atoms with Gasteiger partial charge in [0.15, 0.2) is 0 Å². The molecule has 3 aliphatic rings. The molecule has 2 saturated heterocycles. The summed E-state index contributed by atoms with van der Waals surface area (Å²) in [5.74, 6) is -0.164. The molecule has 0 aliphatic carbocycles. The van der Waals surface area contributed by atoms with E-state index in [1.54, 1.807) is 4.90 Å².